The van der Waals surface area contributed by atoms with Gasteiger partial charge in [-0.1, -0.05) is 30.3 Å². The van der Waals surface area contributed by atoms with Crippen LogP contribution in [0.2, 0.25) is 0 Å². The van der Waals surface area contributed by atoms with Gasteiger partial charge in [0.05, 0.1) is 12.6 Å². The fourth-order valence-corrected chi connectivity index (χ4v) is 2.72. The number of nitrogens with one attached hydrogen (secondary N) is 2. The van der Waals surface area contributed by atoms with Crippen LogP contribution in [0.25, 0.3) is 10.9 Å². The van der Waals surface area contributed by atoms with E-state index < -0.39 is 12.0 Å². The maximum atomic E-state index is 12.3. The molecule has 26 heavy (non-hydrogen) atoms. The lowest BCUT2D eigenvalue weighted by Gasteiger charge is -2.12. The number of benzene rings is 2. The third kappa shape index (κ3) is 4.10. The van der Waals surface area contributed by atoms with E-state index in [0.717, 1.165) is 16.5 Å². The van der Waals surface area contributed by atoms with Crippen LogP contribution in [0, 0.1) is 0 Å². The maximum Gasteiger partial charge on any atom is 0.354 e. The van der Waals surface area contributed by atoms with Gasteiger partial charge in [-0.05, 0) is 43.2 Å². The van der Waals surface area contributed by atoms with Crippen molar-refractivity contribution < 1.29 is 14.3 Å². The van der Waals surface area contributed by atoms with Gasteiger partial charge in [0.2, 0.25) is 5.91 Å². The molecule has 6 nitrogen and oxygen atoms in total. The van der Waals surface area contributed by atoms with Crippen molar-refractivity contribution in [2.24, 2.45) is 5.73 Å². The minimum Gasteiger partial charge on any atom is -0.461 e. The molecule has 0 radical (unpaired) electrons. The Morgan fingerprint density at radius 1 is 1.15 bits per heavy atom. The quantitative estimate of drug-likeness (QED) is 0.595. The Bertz CT molecular complexity index is 918. The smallest absolute Gasteiger partial charge is 0.354 e. The van der Waals surface area contributed by atoms with Gasteiger partial charge in [-0.15, -0.1) is 0 Å². The summed E-state index contributed by atoms with van der Waals surface area (Å²) in [5.74, 6) is -0.659. The van der Waals surface area contributed by atoms with E-state index >= 15 is 0 Å². The Morgan fingerprint density at radius 2 is 1.92 bits per heavy atom. The van der Waals surface area contributed by atoms with E-state index in [1.165, 1.54) is 0 Å². The number of aromatic nitrogens is 1. The van der Waals surface area contributed by atoms with Gasteiger partial charge in [0.1, 0.15) is 5.69 Å². The number of rotatable bonds is 6. The highest BCUT2D eigenvalue weighted by atomic mass is 16.5. The zero-order valence-electron chi connectivity index (χ0n) is 14.5. The third-order valence-corrected chi connectivity index (χ3v) is 4.02. The number of esters is 1. The highest BCUT2D eigenvalue weighted by molar-refractivity contribution is 5.99. The van der Waals surface area contributed by atoms with Gasteiger partial charge in [0.15, 0.2) is 0 Å². The molecule has 1 aromatic heterocycles. The number of fused-ring (bicyclic) bond motifs is 1. The maximum absolute atomic E-state index is 12.3. The number of nitrogens with two attached hydrogens (primary N) is 1. The second kappa shape index (κ2) is 7.84. The average Bonchev–Trinajstić information content (AvgIpc) is 3.06. The molecule has 1 heterocycles. The highest BCUT2D eigenvalue weighted by Crippen LogP contribution is 2.21. The lowest BCUT2D eigenvalue weighted by molar-refractivity contribution is -0.117. The van der Waals surface area contributed by atoms with Crippen molar-refractivity contribution in [2.75, 3.05) is 11.9 Å². The largest absolute Gasteiger partial charge is 0.461 e. The minimum atomic E-state index is -0.644. The van der Waals surface area contributed by atoms with E-state index in [9.17, 15) is 9.59 Å². The number of H-pyrrole nitrogens is 1. The van der Waals surface area contributed by atoms with E-state index in [2.05, 4.69) is 10.3 Å². The molecule has 0 aliphatic carbocycles. The molecule has 0 fully saturated rings. The van der Waals surface area contributed by atoms with E-state index in [1.54, 1.807) is 31.2 Å². The zero-order valence-corrected chi connectivity index (χ0v) is 14.5. The van der Waals surface area contributed by atoms with Crippen LogP contribution < -0.4 is 11.1 Å². The van der Waals surface area contributed by atoms with Crippen LogP contribution in [0.4, 0.5) is 5.69 Å². The van der Waals surface area contributed by atoms with E-state index in [1.807, 2.05) is 30.3 Å². The molecule has 0 saturated heterocycles. The standard InChI is InChI=1S/C20H21N3O3/c1-2-26-20(25)18-12-14-11-15(8-9-17(14)23-18)22-19(24)16(21)10-13-6-4-3-5-7-13/h3-9,11-12,16,23H,2,10,21H2,1H3,(H,22,24). The average molecular weight is 351 g/mol. The predicted molar refractivity (Wildman–Crippen MR) is 101 cm³/mol. The second-order valence-corrected chi connectivity index (χ2v) is 5.99. The van der Waals surface area contributed by atoms with Crippen molar-refractivity contribution in [3.63, 3.8) is 0 Å². The van der Waals surface area contributed by atoms with Crippen molar-refractivity contribution in [3.05, 3.63) is 65.9 Å². The van der Waals surface area contributed by atoms with Crippen molar-refractivity contribution in [1.82, 2.24) is 4.98 Å². The first-order valence-electron chi connectivity index (χ1n) is 8.47. The molecule has 134 valence electrons. The molecular formula is C20H21N3O3. The fourth-order valence-electron chi connectivity index (χ4n) is 2.72. The van der Waals surface area contributed by atoms with Gasteiger partial charge >= 0.3 is 5.97 Å². The summed E-state index contributed by atoms with van der Waals surface area (Å²) in [5, 5.41) is 3.63. The highest BCUT2D eigenvalue weighted by Gasteiger charge is 2.15. The molecule has 0 aliphatic rings. The molecule has 6 heteroatoms. The molecule has 2 aromatic carbocycles. The third-order valence-electron chi connectivity index (χ3n) is 4.02. The topological polar surface area (TPSA) is 97.2 Å². The van der Waals surface area contributed by atoms with Crippen LogP contribution in [0.3, 0.4) is 0 Å². The fraction of sp³-hybridized carbons (Fsp3) is 0.200. The summed E-state index contributed by atoms with van der Waals surface area (Å²) >= 11 is 0. The van der Waals surface area contributed by atoms with Gasteiger partial charge in [0, 0.05) is 16.6 Å². The first kappa shape index (κ1) is 17.7. The lowest BCUT2D eigenvalue weighted by atomic mass is 10.1. The summed E-state index contributed by atoms with van der Waals surface area (Å²) in [4.78, 5) is 27.1. The van der Waals surface area contributed by atoms with Gasteiger partial charge in [0.25, 0.3) is 0 Å². The van der Waals surface area contributed by atoms with Crippen molar-refractivity contribution >= 4 is 28.5 Å². The molecular weight excluding hydrogens is 330 g/mol. The summed E-state index contributed by atoms with van der Waals surface area (Å²) in [7, 11) is 0. The van der Waals surface area contributed by atoms with Crippen LogP contribution in [0.1, 0.15) is 23.0 Å². The zero-order chi connectivity index (χ0) is 18.5. The molecule has 1 unspecified atom stereocenters. The molecule has 4 N–H and O–H groups in total. The summed E-state index contributed by atoms with van der Waals surface area (Å²) in [6.45, 7) is 2.07. The Kier molecular flexibility index (Phi) is 5.34. The van der Waals surface area contributed by atoms with E-state index in [4.69, 9.17) is 10.5 Å². The summed E-state index contributed by atoms with van der Waals surface area (Å²) in [6.07, 6.45) is 0.464. The Hall–Kier alpha value is -3.12. The Balaban J connectivity index is 1.70. The van der Waals surface area contributed by atoms with Gasteiger partial charge in [-0.2, -0.15) is 0 Å². The van der Waals surface area contributed by atoms with Gasteiger partial charge in [-0.25, -0.2) is 4.79 Å². The Morgan fingerprint density at radius 3 is 2.65 bits per heavy atom. The summed E-state index contributed by atoms with van der Waals surface area (Å²) in [5.41, 5.74) is 8.81. The number of ether oxygens (including phenoxy) is 1. The van der Waals surface area contributed by atoms with Crippen LogP contribution in [-0.2, 0) is 16.0 Å². The molecule has 3 rings (SSSR count). The molecule has 0 aliphatic heterocycles. The first-order valence-corrected chi connectivity index (χ1v) is 8.47. The SMILES string of the molecule is CCOC(=O)c1cc2cc(NC(=O)C(N)Cc3ccccc3)ccc2[nH]1. The van der Waals surface area contributed by atoms with Gasteiger partial charge in [-0.3, -0.25) is 4.79 Å². The predicted octanol–water partition coefficient (Wildman–Crippen LogP) is 2.85. The second-order valence-electron chi connectivity index (χ2n) is 5.99. The van der Waals surface area contributed by atoms with Crippen molar-refractivity contribution in [1.29, 1.82) is 0 Å². The summed E-state index contributed by atoms with van der Waals surface area (Å²) in [6, 6.07) is 16.1. The van der Waals surface area contributed by atoms with Gasteiger partial charge < -0.3 is 20.8 Å². The minimum absolute atomic E-state index is 0.255. The molecule has 0 bridgehead atoms. The van der Waals surface area contributed by atoms with E-state index in [-0.39, 0.29) is 5.91 Å². The number of carbonyl (C=O) groups excluding carboxylic acids is 2. The van der Waals surface area contributed by atoms with Crippen LogP contribution in [0.5, 0.6) is 0 Å². The van der Waals surface area contributed by atoms with Crippen molar-refractivity contribution in [2.45, 2.75) is 19.4 Å². The molecule has 3 aromatic rings. The summed E-state index contributed by atoms with van der Waals surface area (Å²) < 4.78 is 4.98. The monoisotopic (exact) mass is 351 g/mol. The molecule has 0 saturated carbocycles. The normalized spacial score (nSPS) is 11.9. The van der Waals surface area contributed by atoms with Crippen LogP contribution in [0.15, 0.2) is 54.6 Å². The van der Waals surface area contributed by atoms with E-state index in [0.29, 0.717) is 24.4 Å². The number of aromatic amines is 1. The number of amides is 1. The Labute approximate surface area is 151 Å². The molecule has 0 spiro atoms. The lowest BCUT2D eigenvalue weighted by Crippen LogP contribution is -2.37. The van der Waals surface area contributed by atoms with Crippen molar-refractivity contribution in [3.8, 4) is 0 Å². The number of carbonyl (C=O) groups is 2. The number of hydrogen-bond acceptors (Lipinski definition) is 4. The molecule has 1 amide bonds. The number of hydrogen-bond donors (Lipinski definition) is 3. The molecule has 1 atom stereocenters. The van der Waals surface area contributed by atoms with Crippen LogP contribution >= 0.6 is 0 Å². The first-order chi connectivity index (χ1) is 12.6. The van der Waals surface area contributed by atoms with Crippen LogP contribution in [-0.4, -0.2) is 29.5 Å². The number of anilines is 1.